The fraction of sp³-hybridized carbons (Fsp3) is 0.952. The molecule has 0 radical (unpaired) electrons. The maximum absolute atomic E-state index is 11.6. The second-order valence-electron chi connectivity index (χ2n) is 7.85. The van der Waals surface area contributed by atoms with Gasteiger partial charge in [-0.15, -0.1) is 0 Å². The van der Waals surface area contributed by atoms with Crippen molar-refractivity contribution in [1.82, 2.24) is 0 Å². The zero-order valence-electron chi connectivity index (χ0n) is 17.6. The zero-order valence-corrected chi connectivity index (χ0v) is 17.6. The van der Waals surface area contributed by atoms with E-state index in [9.17, 15) is 15.0 Å². The number of carbonyl (C=O) groups is 1. The second kappa shape index (κ2) is 19.2. The molecule has 0 heterocycles. The molecule has 0 bridgehead atoms. The molecule has 0 aromatic carbocycles. The third-order valence-electron chi connectivity index (χ3n) is 5.18. The summed E-state index contributed by atoms with van der Waals surface area (Å²) < 4.78 is 0. The highest BCUT2D eigenvalue weighted by Crippen LogP contribution is 2.14. The normalized spacial score (nSPS) is 14.3. The molecule has 0 saturated carbocycles. The molecule has 0 amide bonds. The van der Waals surface area contributed by atoms with E-state index in [0.717, 1.165) is 32.1 Å². The molecule has 0 saturated heterocycles. The number of hydrogen-bond acceptors (Lipinski definition) is 5. The van der Waals surface area contributed by atoms with Crippen LogP contribution in [0.5, 0.6) is 0 Å². The van der Waals surface area contributed by atoms with E-state index >= 15 is 0 Å². The van der Waals surface area contributed by atoms with E-state index < -0.39 is 18.8 Å². The Hall–Kier alpha value is -1.14. The number of ketones is 1. The molecule has 164 valence electrons. The molecule has 0 aliphatic carbocycles. The van der Waals surface area contributed by atoms with Crippen molar-refractivity contribution < 1.29 is 20.1 Å². The molecule has 3 N–H and O–H groups in total. The van der Waals surface area contributed by atoms with Gasteiger partial charge in [0.1, 0.15) is 12.2 Å². The summed E-state index contributed by atoms with van der Waals surface area (Å²) >= 11 is 0. The van der Waals surface area contributed by atoms with Crippen molar-refractivity contribution in [1.29, 1.82) is 0 Å². The summed E-state index contributed by atoms with van der Waals surface area (Å²) in [5.74, 6) is -0.383. The number of aliphatic hydroxyl groups is 3. The predicted octanol–water partition coefficient (Wildman–Crippen LogP) is 4.82. The van der Waals surface area contributed by atoms with Crippen LogP contribution in [0, 0.1) is 0 Å². The molecule has 3 unspecified atom stereocenters. The molecule has 7 nitrogen and oxygen atoms in total. The number of carbonyl (C=O) groups excluding carboxylic acids is 1. The van der Waals surface area contributed by atoms with Gasteiger partial charge < -0.3 is 15.3 Å². The Bertz CT molecular complexity index is 428. The van der Waals surface area contributed by atoms with Crippen molar-refractivity contribution in [2.45, 2.75) is 121 Å². The summed E-state index contributed by atoms with van der Waals surface area (Å²) in [6.45, 7) is 1.37. The molecule has 0 spiro atoms. The third-order valence-corrected chi connectivity index (χ3v) is 5.18. The number of hydrogen-bond donors (Lipinski definition) is 3. The van der Waals surface area contributed by atoms with Crippen LogP contribution in [0.2, 0.25) is 0 Å². The maximum atomic E-state index is 11.6. The summed E-state index contributed by atoms with van der Waals surface area (Å²) in [5, 5.41) is 31.1. The molecule has 3 atom stereocenters. The lowest BCUT2D eigenvalue weighted by molar-refractivity contribution is -0.134. The standard InChI is InChI=1S/C21H41N3O4/c1-18(23-24-22)15-13-11-9-7-5-3-2-4-6-8-10-12-14-16-19(26)21(28)20(27)17-25/h18,20-21,25,27-28H,2-17H2,1H3. The largest absolute Gasteiger partial charge is 0.394 e. The Morgan fingerprint density at radius 3 is 1.71 bits per heavy atom. The molecule has 0 aliphatic heterocycles. The lowest BCUT2D eigenvalue weighted by Gasteiger charge is -2.13. The van der Waals surface area contributed by atoms with Crippen LogP contribution >= 0.6 is 0 Å². The Morgan fingerprint density at radius 2 is 1.29 bits per heavy atom. The van der Waals surface area contributed by atoms with Crippen LogP contribution in [0.25, 0.3) is 10.4 Å². The van der Waals surface area contributed by atoms with Crippen molar-refractivity contribution >= 4 is 5.78 Å². The average Bonchev–Trinajstić information content (AvgIpc) is 2.69. The lowest BCUT2D eigenvalue weighted by Crippen LogP contribution is -2.36. The topological polar surface area (TPSA) is 127 Å². The highest BCUT2D eigenvalue weighted by atomic mass is 16.4. The first-order valence-electron chi connectivity index (χ1n) is 11.1. The van der Waals surface area contributed by atoms with Crippen LogP contribution < -0.4 is 0 Å². The first kappa shape index (κ1) is 26.9. The molecule has 0 rings (SSSR count). The smallest absolute Gasteiger partial charge is 0.164 e. The lowest BCUT2D eigenvalue weighted by atomic mass is 10.0. The highest BCUT2D eigenvalue weighted by Gasteiger charge is 2.22. The van der Waals surface area contributed by atoms with Crippen molar-refractivity contribution in [3.8, 4) is 0 Å². The first-order chi connectivity index (χ1) is 13.5. The number of rotatable bonds is 20. The average molecular weight is 400 g/mol. The van der Waals surface area contributed by atoms with Gasteiger partial charge in [0.2, 0.25) is 0 Å². The van der Waals surface area contributed by atoms with E-state index in [2.05, 4.69) is 10.0 Å². The summed E-state index contributed by atoms with van der Waals surface area (Å²) in [5.41, 5.74) is 8.34. The van der Waals surface area contributed by atoms with E-state index in [1.165, 1.54) is 57.8 Å². The van der Waals surface area contributed by atoms with E-state index in [4.69, 9.17) is 10.6 Å². The fourth-order valence-corrected chi connectivity index (χ4v) is 3.29. The molecule has 0 aliphatic rings. The number of Topliss-reactive ketones (excluding diaryl/α,β-unsaturated/α-hetero) is 1. The van der Waals surface area contributed by atoms with E-state index in [1.54, 1.807) is 0 Å². The molecule has 0 fully saturated rings. The van der Waals surface area contributed by atoms with Gasteiger partial charge in [-0.2, -0.15) is 0 Å². The predicted molar refractivity (Wildman–Crippen MR) is 112 cm³/mol. The van der Waals surface area contributed by atoms with Gasteiger partial charge in [-0.25, -0.2) is 0 Å². The molecule has 0 aromatic rings. The van der Waals surface area contributed by atoms with Gasteiger partial charge in [0.05, 0.1) is 6.61 Å². The molecule has 28 heavy (non-hydrogen) atoms. The molecule has 0 aromatic heterocycles. The molecular weight excluding hydrogens is 358 g/mol. The second-order valence-corrected chi connectivity index (χ2v) is 7.85. The summed E-state index contributed by atoms with van der Waals surface area (Å²) in [6, 6.07) is 0.122. The maximum Gasteiger partial charge on any atom is 0.164 e. The zero-order chi connectivity index (χ0) is 21.0. The van der Waals surface area contributed by atoms with Crippen LogP contribution in [0.15, 0.2) is 5.11 Å². The van der Waals surface area contributed by atoms with Crippen LogP contribution in [-0.2, 0) is 4.79 Å². The summed E-state index contributed by atoms with van der Waals surface area (Å²) in [6.07, 6.45) is 13.7. The number of unbranched alkanes of at least 4 members (excludes halogenated alkanes) is 12. The quantitative estimate of drug-likeness (QED) is 0.117. The number of azide groups is 1. The fourth-order valence-electron chi connectivity index (χ4n) is 3.29. The van der Waals surface area contributed by atoms with Gasteiger partial charge in [0.15, 0.2) is 5.78 Å². The van der Waals surface area contributed by atoms with Crippen LogP contribution in [0.3, 0.4) is 0 Å². The Labute approximate surface area is 170 Å². The van der Waals surface area contributed by atoms with Crippen LogP contribution in [0.1, 0.15) is 103 Å². The third kappa shape index (κ3) is 15.9. The minimum atomic E-state index is -1.45. The Balaban J connectivity index is 3.28. The van der Waals surface area contributed by atoms with E-state index in [1.807, 2.05) is 6.92 Å². The highest BCUT2D eigenvalue weighted by molar-refractivity contribution is 5.83. The van der Waals surface area contributed by atoms with Crippen molar-refractivity contribution in [2.75, 3.05) is 6.61 Å². The minimum absolute atomic E-state index is 0.122. The van der Waals surface area contributed by atoms with Gasteiger partial charge in [-0.3, -0.25) is 4.79 Å². The van der Waals surface area contributed by atoms with Gasteiger partial charge >= 0.3 is 0 Å². The molecule has 7 heteroatoms. The van der Waals surface area contributed by atoms with Gasteiger partial charge in [0, 0.05) is 17.4 Å². The van der Waals surface area contributed by atoms with Gasteiger partial charge in [0.25, 0.3) is 0 Å². The SMILES string of the molecule is CC(CCCCCCCCCCCCCCCC(=O)C(O)C(O)CO)N=[N+]=[N-]. The monoisotopic (exact) mass is 399 g/mol. The summed E-state index contributed by atoms with van der Waals surface area (Å²) in [7, 11) is 0. The Morgan fingerprint density at radius 1 is 0.857 bits per heavy atom. The van der Waals surface area contributed by atoms with E-state index in [0.29, 0.717) is 0 Å². The van der Waals surface area contributed by atoms with Crippen molar-refractivity contribution in [3.63, 3.8) is 0 Å². The van der Waals surface area contributed by atoms with Crippen LogP contribution in [0.4, 0.5) is 0 Å². The number of nitrogens with zero attached hydrogens (tertiary/aromatic N) is 3. The van der Waals surface area contributed by atoms with Crippen molar-refractivity contribution in [2.24, 2.45) is 5.11 Å². The Kier molecular flexibility index (Phi) is 18.4. The van der Waals surface area contributed by atoms with Crippen LogP contribution in [-0.4, -0.2) is 46.0 Å². The first-order valence-corrected chi connectivity index (χ1v) is 11.1. The minimum Gasteiger partial charge on any atom is -0.394 e. The van der Waals surface area contributed by atoms with Gasteiger partial charge in [-0.1, -0.05) is 89.1 Å². The summed E-state index contributed by atoms with van der Waals surface area (Å²) in [4.78, 5) is 14.4. The molecular formula is C21H41N3O4. The number of aliphatic hydroxyl groups excluding tert-OH is 3. The van der Waals surface area contributed by atoms with E-state index in [-0.39, 0.29) is 18.2 Å². The van der Waals surface area contributed by atoms with Gasteiger partial charge in [-0.05, 0) is 18.4 Å². The van der Waals surface area contributed by atoms with Crippen molar-refractivity contribution in [3.05, 3.63) is 10.4 Å².